The second-order valence-corrected chi connectivity index (χ2v) is 5.38. The molecule has 0 aliphatic rings. The van der Waals surface area contributed by atoms with Gasteiger partial charge in [0.25, 0.3) is 5.91 Å². The molecule has 2 aromatic carbocycles. The number of rotatable bonds is 4. The summed E-state index contributed by atoms with van der Waals surface area (Å²) in [4.78, 5) is 16.5. The molecule has 0 fully saturated rings. The van der Waals surface area contributed by atoms with Crippen molar-refractivity contribution in [3.05, 3.63) is 84.1 Å². The van der Waals surface area contributed by atoms with Crippen LogP contribution in [0.5, 0.6) is 0 Å². The van der Waals surface area contributed by atoms with Gasteiger partial charge in [0, 0.05) is 12.1 Å². The molecular formula is C19H14N2O3. The largest absolute Gasteiger partial charge is 0.459 e. The zero-order valence-electron chi connectivity index (χ0n) is 12.7. The highest BCUT2D eigenvalue weighted by molar-refractivity contribution is 6.02. The number of hydrogen-bond acceptors (Lipinski definition) is 4. The minimum atomic E-state index is -0.299. The molecule has 0 saturated heterocycles. The maximum Gasteiger partial charge on any atom is 0.291 e. The van der Waals surface area contributed by atoms with Crippen LogP contribution in [0.15, 0.2) is 75.8 Å². The van der Waals surface area contributed by atoms with Crippen molar-refractivity contribution in [2.75, 3.05) is 5.32 Å². The summed E-state index contributed by atoms with van der Waals surface area (Å²) in [5.41, 5.74) is 3.17. The topological polar surface area (TPSA) is 68.3 Å². The average molecular weight is 318 g/mol. The van der Waals surface area contributed by atoms with Crippen LogP contribution in [0.2, 0.25) is 0 Å². The second kappa shape index (κ2) is 6.04. The highest BCUT2D eigenvalue weighted by Gasteiger charge is 2.11. The van der Waals surface area contributed by atoms with E-state index in [1.165, 1.54) is 6.26 Å². The number of fused-ring (bicyclic) bond motifs is 1. The van der Waals surface area contributed by atoms with Crippen molar-refractivity contribution < 1.29 is 13.6 Å². The lowest BCUT2D eigenvalue weighted by Gasteiger charge is -2.01. The highest BCUT2D eigenvalue weighted by atomic mass is 16.3. The van der Waals surface area contributed by atoms with E-state index in [1.54, 1.807) is 30.3 Å². The van der Waals surface area contributed by atoms with Gasteiger partial charge >= 0.3 is 0 Å². The summed E-state index contributed by atoms with van der Waals surface area (Å²) < 4.78 is 10.8. The lowest BCUT2D eigenvalue weighted by molar-refractivity contribution is 0.0996. The Bertz CT molecular complexity index is 972. The third-order valence-electron chi connectivity index (χ3n) is 3.63. The molecule has 0 aliphatic carbocycles. The van der Waals surface area contributed by atoms with Gasteiger partial charge in [-0.05, 0) is 35.9 Å². The van der Waals surface area contributed by atoms with Gasteiger partial charge in [-0.3, -0.25) is 4.79 Å². The number of aromatic nitrogens is 1. The van der Waals surface area contributed by atoms with Crippen molar-refractivity contribution in [1.82, 2.24) is 4.98 Å². The number of hydrogen-bond donors (Lipinski definition) is 1. The van der Waals surface area contributed by atoms with Crippen LogP contribution in [0.4, 0.5) is 5.69 Å². The fraction of sp³-hybridized carbons (Fsp3) is 0.0526. The van der Waals surface area contributed by atoms with Gasteiger partial charge in [0.15, 0.2) is 17.2 Å². The first-order valence-corrected chi connectivity index (χ1v) is 7.56. The number of anilines is 1. The predicted molar refractivity (Wildman–Crippen MR) is 89.9 cm³/mol. The zero-order chi connectivity index (χ0) is 16.4. The van der Waals surface area contributed by atoms with Crippen molar-refractivity contribution in [2.24, 2.45) is 0 Å². The van der Waals surface area contributed by atoms with Crippen molar-refractivity contribution in [2.45, 2.75) is 6.42 Å². The van der Waals surface area contributed by atoms with Crippen molar-refractivity contribution >= 4 is 22.7 Å². The summed E-state index contributed by atoms with van der Waals surface area (Å²) in [6, 6.07) is 18.7. The summed E-state index contributed by atoms with van der Waals surface area (Å²) in [5.74, 6) is 0.609. The quantitative estimate of drug-likeness (QED) is 0.610. The molecule has 5 heteroatoms. The maximum absolute atomic E-state index is 12.0. The minimum absolute atomic E-state index is 0.264. The fourth-order valence-corrected chi connectivity index (χ4v) is 2.50. The molecule has 0 radical (unpaired) electrons. The first-order valence-electron chi connectivity index (χ1n) is 7.56. The third kappa shape index (κ3) is 2.92. The van der Waals surface area contributed by atoms with Crippen LogP contribution in [0.1, 0.15) is 22.0 Å². The van der Waals surface area contributed by atoms with E-state index in [1.807, 2.05) is 30.3 Å². The molecule has 24 heavy (non-hydrogen) atoms. The van der Waals surface area contributed by atoms with Gasteiger partial charge in [0.1, 0.15) is 5.52 Å². The Morgan fingerprint density at radius 1 is 1.04 bits per heavy atom. The van der Waals surface area contributed by atoms with Crippen LogP contribution in [0.25, 0.3) is 11.1 Å². The van der Waals surface area contributed by atoms with E-state index in [0.717, 1.165) is 5.56 Å². The zero-order valence-corrected chi connectivity index (χ0v) is 12.7. The maximum atomic E-state index is 12.0. The van der Waals surface area contributed by atoms with Crippen molar-refractivity contribution in [1.29, 1.82) is 0 Å². The molecule has 0 atom stereocenters. The van der Waals surface area contributed by atoms with Gasteiger partial charge < -0.3 is 14.2 Å². The summed E-state index contributed by atoms with van der Waals surface area (Å²) in [6.45, 7) is 0. The number of carbonyl (C=O) groups is 1. The summed E-state index contributed by atoms with van der Waals surface area (Å²) >= 11 is 0. The molecule has 2 heterocycles. The number of furan rings is 1. The van der Waals surface area contributed by atoms with Gasteiger partial charge in [-0.15, -0.1) is 0 Å². The molecule has 1 amide bonds. The van der Waals surface area contributed by atoms with E-state index < -0.39 is 0 Å². The second-order valence-electron chi connectivity index (χ2n) is 5.38. The molecule has 5 nitrogen and oxygen atoms in total. The molecule has 0 unspecified atom stereocenters. The normalized spacial score (nSPS) is 10.8. The van der Waals surface area contributed by atoms with E-state index in [9.17, 15) is 4.79 Å². The van der Waals surface area contributed by atoms with E-state index >= 15 is 0 Å². The minimum Gasteiger partial charge on any atom is -0.459 e. The number of nitrogens with one attached hydrogen (secondary N) is 1. The number of amides is 1. The van der Waals surface area contributed by atoms with Crippen molar-refractivity contribution in [3.8, 4) is 0 Å². The van der Waals surface area contributed by atoms with Gasteiger partial charge in [-0.1, -0.05) is 30.3 Å². The Balaban J connectivity index is 1.56. The molecule has 0 spiro atoms. The lowest BCUT2D eigenvalue weighted by atomic mass is 10.1. The summed E-state index contributed by atoms with van der Waals surface area (Å²) in [5, 5.41) is 2.78. The number of carbonyl (C=O) groups excluding carboxylic acids is 1. The predicted octanol–water partition coefficient (Wildman–Crippen LogP) is 4.26. The molecule has 0 saturated carbocycles. The van der Waals surface area contributed by atoms with E-state index in [4.69, 9.17) is 8.83 Å². The molecular weight excluding hydrogens is 304 g/mol. The summed E-state index contributed by atoms with van der Waals surface area (Å²) in [6.07, 6.45) is 2.09. The Hall–Kier alpha value is -3.34. The van der Waals surface area contributed by atoms with Crippen LogP contribution < -0.4 is 5.32 Å². The lowest BCUT2D eigenvalue weighted by Crippen LogP contribution is -2.10. The van der Waals surface area contributed by atoms with Crippen molar-refractivity contribution in [3.63, 3.8) is 0 Å². The van der Waals surface area contributed by atoms with E-state index in [2.05, 4.69) is 10.3 Å². The molecule has 0 aliphatic heterocycles. The number of benzene rings is 2. The Morgan fingerprint density at radius 3 is 2.71 bits per heavy atom. The molecule has 2 aromatic heterocycles. The number of oxazole rings is 1. The Morgan fingerprint density at radius 2 is 1.92 bits per heavy atom. The Kier molecular flexibility index (Phi) is 3.59. The molecule has 4 rings (SSSR count). The monoisotopic (exact) mass is 318 g/mol. The standard InChI is InChI=1S/C19H14N2O3/c22-19(17-7-4-10-23-17)20-14-8-9-16-15(12-14)21-18(24-16)11-13-5-2-1-3-6-13/h1-10,12H,11H2,(H,20,22). The van der Waals surface area contributed by atoms with Crippen LogP contribution in [0.3, 0.4) is 0 Å². The smallest absolute Gasteiger partial charge is 0.291 e. The third-order valence-corrected chi connectivity index (χ3v) is 3.63. The molecule has 4 aromatic rings. The number of nitrogens with zero attached hydrogens (tertiary/aromatic N) is 1. The highest BCUT2D eigenvalue weighted by Crippen LogP contribution is 2.22. The first kappa shape index (κ1) is 14.3. The van der Waals surface area contributed by atoms with Gasteiger partial charge in [0.2, 0.25) is 0 Å². The van der Waals surface area contributed by atoms with Crippen LogP contribution in [-0.4, -0.2) is 10.9 Å². The Labute approximate surface area is 137 Å². The van der Waals surface area contributed by atoms with Crippen LogP contribution in [0, 0.1) is 0 Å². The van der Waals surface area contributed by atoms with Crippen LogP contribution in [-0.2, 0) is 6.42 Å². The van der Waals surface area contributed by atoms with Crippen LogP contribution >= 0.6 is 0 Å². The van der Waals surface area contributed by atoms with Gasteiger partial charge in [-0.2, -0.15) is 0 Å². The molecule has 118 valence electrons. The molecule has 1 N–H and O–H groups in total. The first-order chi connectivity index (χ1) is 11.8. The SMILES string of the molecule is O=C(Nc1ccc2oc(Cc3ccccc3)nc2c1)c1ccco1. The van der Waals surface area contributed by atoms with E-state index in [-0.39, 0.29) is 11.7 Å². The van der Waals surface area contributed by atoms with E-state index in [0.29, 0.717) is 29.1 Å². The summed E-state index contributed by atoms with van der Waals surface area (Å²) in [7, 11) is 0. The fourth-order valence-electron chi connectivity index (χ4n) is 2.50. The van der Waals surface area contributed by atoms with Gasteiger partial charge in [0.05, 0.1) is 6.26 Å². The molecule has 0 bridgehead atoms. The van der Waals surface area contributed by atoms with Gasteiger partial charge in [-0.25, -0.2) is 4.98 Å². The average Bonchev–Trinajstić information content (AvgIpc) is 3.24.